The molecule has 0 unspecified atom stereocenters. The number of likely N-dealkylation sites (tertiary alicyclic amines) is 1. The number of rotatable bonds is 7. The number of amides is 1. The van der Waals surface area contributed by atoms with Gasteiger partial charge < -0.3 is 9.80 Å². The van der Waals surface area contributed by atoms with Crippen molar-refractivity contribution in [1.82, 2.24) is 9.80 Å². The van der Waals surface area contributed by atoms with Crippen molar-refractivity contribution in [3.05, 3.63) is 29.3 Å². The fraction of sp³-hybridized carbons (Fsp3) is 0.696. The van der Waals surface area contributed by atoms with Gasteiger partial charge in [0.05, 0.1) is 0 Å². The molecule has 1 aromatic carbocycles. The summed E-state index contributed by atoms with van der Waals surface area (Å²) in [6.45, 7) is 12.0. The molecule has 2 fully saturated rings. The van der Waals surface area contributed by atoms with Gasteiger partial charge in [0, 0.05) is 56.4 Å². The van der Waals surface area contributed by atoms with Gasteiger partial charge in [-0.1, -0.05) is 37.9 Å². The molecule has 5 heteroatoms. The zero-order valence-corrected chi connectivity index (χ0v) is 18.4. The number of hydrogen-bond donors (Lipinski definition) is 0. The van der Waals surface area contributed by atoms with Crippen molar-refractivity contribution in [2.75, 3.05) is 50.7 Å². The minimum Gasteiger partial charge on any atom is -0.369 e. The molecule has 0 atom stereocenters. The third-order valence-electron chi connectivity index (χ3n) is 6.37. The van der Waals surface area contributed by atoms with Crippen LogP contribution in [0, 0.1) is 5.41 Å². The average Bonchev–Trinajstić information content (AvgIpc) is 2.81. The van der Waals surface area contributed by atoms with Gasteiger partial charge >= 0.3 is 0 Å². The molecular formula is C23H36ClN3O. The normalized spacial score (nSPS) is 21.0. The molecule has 0 aliphatic carbocycles. The zero-order valence-electron chi connectivity index (χ0n) is 17.6. The van der Waals surface area contributed by atoms with E-state index in [1.54, 1.807) is 0 Å². The van der Waals surface area contributed by atoms with Gasteiger partial charge in [-0.25, -0.2) is 0 Å². The van der Waals surface area contributed by atoms with Crippen LogP contribution in [0.3, 0.4) is 0 Å². The summed E-state index contributed by atoms with van der Waals surface area (Å²) in [6.07, 6.45) is 6.46. The standard InChI is InChI=1S/C23H36ClN3O/c1-23(2)10-9-22(28)27(14-11-23)13-5-3-4-12-25-15-17-26(18-16-25)21-8-6-7-20(24)19-21/h6-8,19H,3-5,9-18H2,1-2H3. The molecule has 1 aromatic rings. The molecule has 0 aromatic heterocycles. The van der Waals surface area contributed by atoms with Crippen LogP contribution < -0.4 is 4.90 Å². The Morgan fingerprint density at radius 2 is 1.71 bits per heavy atom. The number of carbonyl (C=O) groups is 1. The van der Waals surface area contributed by atoms with Crippen molar-refractivity contribution in [3.63, 3.8) is 0 Å². The van der Waals surface area contributed by atoms with Crippen LogP contribution in [0.1, 0.15) is 52.4 Å². The van der Waals surface area contributed by atoms with Crippen molar-refractivity contribution >= 4 is 23.2 Å². The van der Waals surface area contributed by atoms with Crippen molar-refractivity contribution in [2.24, 2.45) is 5.41 Å². The molecule has 0 spiro atoms. The van der Waals surface area contributed by atoms with Gasteiger partial charge in [0.1, 0.15) is 0 Å². The molecule has 2 aliphatic rings. The highest BCUT2D eigenvalue weighted by Crippen LogP contribution is 2.30. The van der Waals surface area contributed by atoms with Crippen LogP contribution in [-0.2, 0) is 4.79 Å². The molecule has 2 heterocycles. The summed E-state index contributed by atoms with van der Waals surface area (Å²) in [7, 11) is 0. The second-order valence-corrected chi connectivity index (χ2v) is 9.60. The van der Waals surface area contributed by atoms with Crippen molar-refractivity contribution < 1.29 is 4.79 Å². The number of carbonyl (C=O) groups excluding carboxylic acids is 1. The summed E-state index contributed by atoms with van der Waals surface area (Å²) >= 11 is 6.12. The van der Waals surface area contributed by atoms with Gasteiger partial charge in [0.25, 0.3) is 0 Å². The van der Waals surface area contributed by atoms with E-state index in [0.29, 0.717) is 11.3 Å². The topological polar surface area (TPSA) is 26.8 Å². The van der Waals surface area contributed by atoms with E-state index in [9.17, 15) is 4.79 Å². The number of hydrogen-bond acceptors (Lipinski definition) is 3. The highest BCUT2D eigenvalue weighted by molar-refractivity contribution is 6.30. The summed E-state index contributed by atoms with van der Waals surface area (Å²) in [5, 5.41) is 0.811. The lowest BCUT2D eigenvalue weighted by atomic mass is 9.85. The summed E-state index contributed by atoms with van der Waals surface area (Å²) in [4.78, 5) is 19.4. The third kappa shape index (κ3) is 6.38. The maximum Gasteiger partial charge on any atom is 0.222 e. The van der Waals surface area contributed by atoms with E-state index in [4.69, 9.17) is 11.6 Å². The van der Waals surface area contributed by atoms with Gasteiger partial charge in [-0.05, 0) is 55.8 Å². The molecule has 4 nitrogen and oxygen atoms in total. The number of benzene rings is 1. The Morgan fingerprint density at radius 3 is 2.46 bits per heavy atom. The summed E-state index contributed by atoms with van der Waals surface area (Å²) in [5.41, 5.74) is 1.55. The van der Waals surface area contributed by atoms with Gasteiger partial charge in [-0.3, -0.25) is 9.69 Å². The van der Waals surface area contributed by atoms with E-state index in [-0.39, 0.29) is 0 Å². The lowest BCUT2D eigenvalue weighted by Crippen LogP contribution is -2.46. The Balaban J connectivity index is 1.30. The molecule has 0 bridgehead atoms. The molecular weight excluding hydrogens is 370 g/mol. The lowest BCUT2D eigenvalue weighted by molar-refractivity contribution is -0.130. The predicted octanol–water partition coefficient (Wildman–Crippen LogP) is 4.67. The number of nitrogens with zero attached hydrogens (tertiary/aromatic N) is 3. The molecule has 2 saturated heterocycles. The predicted molar refractivity (Wildman–Crippen MR) is 118 cm³/mol. The number of unbranched alkanes of at least 4 members (excludes halogenated alkanes) is 2. The molecule has 1 amide bonds. The fourth-order valence-corrected chi connectivity index (χ4v) is 4.43. The van der Waals surface area contributed by atoms with E-state index >= 15 is 0 Å². The Hall–Kier alpha value is -1.26. The van der Waals surface area contributed by atoms with Crippen LogP contribution in [-0.4, -0.2) is 61.5 Å². The second kappa shape index (κ2) is 9.98. The lowest BCUT2D eigenvalue weighted by Gasteiger charge is -2.36. The van der Waals surface area contributed by atoms with Crippen LogP contribution in [0.4, 0.5) is 5.69 Å². The summed E-state index contributed by atoms with van der Waals surface area (Å²) in [5.74, 6) is 0.364. The molecule has 0 radical (unpaired) electrons. The van der Waals surface area contributed by atoms with Crippen LogP contribution in [0.25, 0.3) is 0 Å². The number of anilines is 1. The second-order valence-electron chi connectivity index (χ2n) is 9.16. The Bertz CT molecular complexity index is 640. The monoisotopic (exact) mass is 405 g/mol. The van der Waals surface area contributed by atoms with Crippen LogP contribution >= 0.6 is 11.6 Å². The SMILES string of the molecule is CC1(C)CCC(=O)N(CCCCCN2CCN(c3cccc(Cl)c3)CC2)CC1. The highest BCUT2D eigenvalue weighted by Gasteiger charge is 2.26. The molecule has 28 heavy (non-hydrogen) atoms. The number of halogens is 1. The van der Waals surface area contributed by atoms with Crippen molar-refractivity contribution in [3.8, 4) is 0 Å². The van der Waals surface area contributed by atoms with Crippen molar-refractivity contribution in [1.29, 1.82) is 0 Å². The maximum absolute atomic E-state index is 12.3. The first-order chi connectivity index (χ1) is 13.4. The average molecular weight is 406 g/mol. The molecule has 156 valence electrons. The van der Waals surface area contributed by atoms with Gasteiger partial charge in [-0.15, -0.1) is 0 Å². The molecule has 2 aliphatic heterocycles. The van der Waals surface area contributed by atoms with E-state index in [1.807, 2.05) is 12.1 Å². The maximum atomic E-state index is 12.3. The van der Waals surface area contributed by atoms with E-state index in [0.717, 1.165) is 70.0 Å². The summed E-state index contributed by atoms with van der Waals surface area (Å²) < 4.78 is 0. The largest absolute Gasteiger partial charge is 0.369 e. The smallest absolute Gasteiger partial charge is 0.222 e. The minimum atomic E-state index is 0.317. The van der Waals surface area contributed by atoms with Crippen LogP contribution in [0.15, 0.2) is 24.3 Å². The zero-order chi connectivity index (χ0) is 20.0. The molecule has 0 N–H and O–H groups in total. The van der Waals surface area contributed by atoms with Gasteiger partial charge in [-0.2, -0.15) is 0 Å². The molecule has 0 saturated carbocycles. The van der Waals surface area contributed by atoms with E-state index < -0.39 is 0 Å². The van der Waals surface area contributed by atoms with E-state index in [1.165, 1.54) is 25.1 Å². The van der Waals surface area contributed by atoms with Gasteiger partial charge in [0.2, 0.25) is 5.91 Å². The number of piperazine rings is 1. The highest BCUT2D eigenvalue weighted by atomic mass is 35.5. The Kier molecular flexibility index (Phi) is 7.64. The Morgan fingerprint density at radius 1 is 0.964 bits per heavy atom. The van der Waals surface area contributed by atoms with Crippen molar-refractivity contribution in [2.45, 2.75) is 52.4 Å². The quantitative estimate of drug-likeness (QED) is 0.616. The molecule has 3 rings (SSSR count). The van der Waals surface area contributed by atoms with Gasteiger partial charge in [0.15, 0.2) is 0 Å². The summed E-state index contributed by atoms with van der Waals surface area (Å²) in [6, 6.07) is 8.16. The van der Waals surface area contributed by atoms with E-state index in [2.05, 4.69) is 40.7 Å². The Labute approximate surface area is 175 Å². The van der Waals surface area contributed by atoms with Crippen LogP contribution in [0.2, 0.25) is 5.02 Å². The fourth-order valence-electron chi connectivity index (χ4n) is 4.24. The van der Waals surface area contributed by atoms with Crippen LogP contribution in [0.5, 0.6) is 0 Å². The first kappa shape index (κ1) is 21.4. The minimum absolute atomic E-state index is 0.317. The third-order valence-corrected chi connectivity index (χ3v) is 6.61. The first-order valence-corrected chi connectivity index (χ1v) is 11.3. The first-order valence-electron chi connectivity index (χ1n) is 10.9.